The number of aromatic amines is 1. The van der Waals surface area contributed by atoms with Gasteiger partial charge in [-0.1, -0.05) is 42.1 Å². The molecule has 0 fully saturated rings. The Labute approximate surface area is 166 Å². The van der Waals surface area contributed by atoms with Gasteiger partial charge in [0.15, 0.2) is 5.82 Å². The largest absolute Gasteiger partial charge is 0.310 e. The van der Waals surface area contributed by atoms with E-state index in [0.29, 0.717) is 23.1 Å². The minimum Gasteiger partial charge on any atom is -0.310 e. The Hall–Kier alpha value is -3.18. The number of carbonyl (C=O) groups is 1. The lowest BCUT2D eigenvalue weighted by molar-refractivity contribution is -0.117. The average molecular weight is 395 g/mol. The molecule has 0 saturated carbocycles. The summed E-state index contributed by atoms with van der Waals surface area (Å²) in [6.07, 6.45) is 0.232. The summed E-state index contributed by atoms with van der Waals surface area (Å²) in [7, 11) is 0. The molecule has 0 bridgehead atoms. The fourth-order valence-electron chi connectivity index (χ4n) is 2.64. The Morgan fingerprint density at radius 3 is 2.68 bits per heavy atom. The molecule has 8 heteroatoms. The van der Waals surface area contributed by atoms with E-state index in [-0.39, 0.29) is 12.3 Å². The lowest BCUT2D eigenvalue weighted by Gasteiger charge is -2.24. The predicted molar refractivity (Wildman–Crippen MR) is 106 cm³/mol. The molecule has 0 unspecified atom stereocenters. The fraction of sp³-hybridized carbons (Fsp3) is 0.200. The number of thioether (sulfide) groups is 1. The van der Waals surface area contributed by atoms with Gasteiger partial charge in [0.2, 0.25) is 11.1 Å². The highest BCUT2D eigenvalue weighted by molar-refractivity contribution is 8.00. The number of hydrogen-bond acceptors (Lipinski definition) is 5. The molecule has 1 atom stereocenters. The summed E-state index contributed by atoms with van der Waals surface area (Å²) in [5.41, 5.74) is 1.05. The third-order valence-corrected chi connectivity index (χ3v) is 4.95. The van der Waals surface area contributed by atoms with Crippen LogP contribution in [0, 0.1) is 17.1 Å². The van der Waals surface area contributed by atoms with Crippen molar-refractivity contribution in [3.63, 3.8) is 0 Å². The van der Waals surface area contributed by atoms with Crippen molar-refractivity contribution in [2.75, 3.05) is 11.4 Å². The third kappa shape index (κ3) is 4.56. The van der Waals surface area contributed by atoms with Crippen molar-refractivity contribution in [2.45, 2.75) is 23.8 Å². The molecule has 0 spiro atoms. The minimum atomic E-state index is -0.483. The van der Waals surface area contributed by atoms with E-state index in [1.54, 1.807) is 30.0 Å². The number of aromatic nitrogens is 3. The van der Waals surface area contributed by atoms with Crippen LogP contribution in [0.5, 0.6) is 0 Å². The maximum Gasteiger partial charge on any atom is 0.240 e. The van der Waals surface area contributed by atoms with E-state index in [4.69, 9.17) is 5.26 Å². The second kappa shape index (κ2) is 9.15. The van der Waals surface area contributed by atoms with Crippen LogP contribution in [-0.4, -0.2) is 32.9 Å². The van der Waals surface area contributed by atoms with Crippen molar-refractivity contribution in [2.24, 2.45) is 0 Å². The van der Waals surface area contributed by atoms with E-state index in [1.165, 1.54) is 17.8 Å². The SMILES string of the molecule is C[C@H](Sc1n[nH]c(-c2ccccc2F)n1)C(=O)N(CCC#N)c1ccccc1. The maximum atomic E-state index is 13.9. The highest BCUT2D eigenvalue weighted by Gasteiger charge is 2.24. The van der Waals surface area contributed by atoms with Crippen LogP contribution >= 0.6 is 11.8 Å². The molecule has 142 valence electrons. The van der Waals surface area contributed by atoms with Crippen LogP contribution in [0.2, 0.25) is 0 Å². The average Bonchev–Trinajstić information content (AvgIpc) is 3.17. The number of hydrogen-bond donors (Lipinski definition) is 1. The molecule has 6 nitrogen and oxygen atoms in total. The van der Waals surface area contributed by atoms with Gasteiger partial charge in [-0.25, -0.2) is 9.37 Å². The first-order valence-electron chi connectivity index (χ1n) is 8.67. The highest BCUT2D eigenvalue weighted by Crippen LogP contribution is 2.26. The zero-order valence-corrected chi connectivity index (χ0v) is 16.0. The van der Waals surface area contributed by atoms with Crippen molar-refractivity contribution in [1.82, 2.24) is 15.2 Å². The Bertz CT molecular complexity index is 986. The summed E-state index contributed by atoms with van der Waals surface area (Å²) in [5, 5.41) is 15.6. The van der Waals surface area contributed by atoms with Gasteiger partial charge in [0, 0.05) is 12.2 Å². The summed E-state index contributed by atoms with van der Waals surface area (Å²) in [4.78, 5) is 18.8. The van der Waals surface area contributed by atoms with Crippen molar-refractivity contribution < 1.29 is 9.18 Å². The Morgan fingerprint density at radius 2 is 1.96 bits per heavy atom. The minimum absolute atomic E-state index is 0.149. The molecule has 1 amide bonds. The first kappa shape index (κ1) is 19.6. The topological polar surface area (TPSA) is 85.7 Å². The van der Waals surface area contributed by atoms with Crippen LogP contribution in [-0.2, 0) is 4.79 Å². The standard InChI is InChI=1S/C20H18FN5OS/c1-14(19(27)26(13-7-12-22)15-8-3-2-4-9-15)28-20-23-18(24-25-20)16-10-5-6-11-17(16)21/h2-6,8-11,14H,7,13H2,1H3,(H,23,24,25)/t14-/m0/s1. The van der Waals surface area contributed by atoms with E-state index in [9.17, 15) is 9.18 Å². The van der Waals surface area contributed by atoms with E-state index in [1.807, 2.05) is 30.3 Å². The van der Waals surface area contributed by atoms with Crippen molar-refractivity contribution in [1.29, 1.82) is 5.26 Å². The number of benzene rings is 2. The van der Waals surface area contributed by atoms with Crippen LogP contribution in [0.3, 0.4) is 0 Å². The van der Waals surface area contributed by atoms with Crippen molar-refractivity contribution in [3.8, 4) is 17.5 Å². The van der Waals surface area contributed by atoms with Gasteiger partial charge in [-0.15, -0.1) is 5.10 Å². The second-order valence-electron chi connectivity index (χ2n) is 5.94. The number of rotatable bonds is 7. The molecule has 1 aromatic heterocycles. The van der Waals surface area contributed by atoms with Crippen LogP contribution in [0.4, 0.5) is 10.1 Å². The summed E-state index contributed by atoms with van der Waals surface area (Å²) >= 11 is 1.18. The molecular formula is C20H18FN5OS. The Morgan fingerprint density at radius 1 is 1.25 bits per heavy atom. The molecule has 0 saturated heterocycles. The van der Waals surface area contributed by atoms with E-state index in [2.05, 4.69) is 21.3 Å². The quantitative estimate of drug-likeness (QED) is 0.610. The molecule has 0 aliphatic heterocycles. The van der Waals surface area contributed by atoms with E-state index in [0.717, 1.165) is 5.69 Å². The number of amides is 1. The first-order valence-corrected chi connectivity index (χ1v) is 9.55. The van der Waals surface area contributed by atoms with Crippen molar-refractivity contribution >= 4 is 23.4 Å². The molecule has 3 aromatic rings. The lowest BCUT2D eigenvalue weighted by Crippen LogP contribution is -2.37. The normalized spacial score (nSPS) is 11.6. The van der Waals surface area contributed by atoms with E-state index >= 15 is 0 Å². The Balaban J connectivity index is 1.74. The molecule has 2 aromatic carbocycles. The number of nitrogens with zero attached hydrogens (tertiary/aromatic N) is 4. The van der Waals surface area contributed by atoms with Gasteiger partial charge in [-0.3, -0.25) is 9.89 Å². The molecule has 0 aliphatic rings. The first-order chi connectivity index (χ1) is 13.6. The predicted octanol–water partition coefficient (Wildman–Crippen LogP) is 4.04. The molecule has 0 aliphatic carbocycles. The molecule has 1 N–H and O–H groups in total. The van der Waals surface area contributed by atoms with Gasteiger partial charge in [-0.2, -0.15) is 5.26 Å². The third-order valence-electron chi connectivity index (χ3n) is 4.00. The zero-order valence-electron chi connectivity index (χ0n) is 15.2. The molecule has 0 radical (unpaired) electrons. The lowest BCUT2D eigenvalue weighted by atomic mass is 10.2. The van der Waals surface area contributed by atoms with Gasteiger partial charge < -0.3 is 4.90 Å². The maximum absolute atomic E-state index is 13.9. The fourth-order valence-corrected chi connectivity index (χ4v) is 3.42. The van der Waals surface area contributed by atoms with Gasteiger partial charge in [0.1, 0.15) is 5.82 Å². The van der Waals surface area contributed by atoms with Gasteiger partial charge in [-0.05, 0) is 31.2 Å². The summed E-state index contributed by atoms with van der Waals surface area (Å²) in [6.45, 7) is 2.06. The molecular weight excluding hydrogens is 377 g/mol. The number of carbonyl (C=O) groups excluding carboxylic acids is 1. The summed E-state index contributed by atoms with van der Waals surface area (Å²) < 4.78 is 13.9. The van der Waals surface area contributed by atoms with Gasteiger partial charge >= 0.3 is 0 Å². The second-order valence-corrected chi connectivity index (χ2v) is 7.25. The monoisotopic (exact) mass is 395 g/mol. The number of para-hydroxylation sites is 1. The van der Waals surface area contributed by atoms with Crippen LogP contribution in [0.1, 0.15) is 13.3 Å². The van der Waals surface area contributed by atoms with Crippen LogP contribution < -0.4 is 4.90 Å². The molecule has 3 rings (SSSR count). The van der Waals surface area contributed by atoms with Gasteiger partial charge in [0.25, 0.3) is 0 Å². The van der Waals surface area contributed by atoms with Crippen molar-refractivity contribution in [3.05, 3.63) is 60.4 Å². The highest BCUT2D eigenvalue weighted by atomic mass is 32.2. The Kier molecular flexibility index (Phi) is 6.40. The number of nitriles is 1. The van der Waals surface area contributed by atoms with Gasteiger partial charge in [0.05, 0.1) is 23.3 Å². The van der Waals surface area contributed by atoms with E-state index < -0.39 is 11.1 Å². The number of nitrogens with one attached hydrogen (secondary N) is 1. The number of anilines is 1. The number of H-pyrrole nitrogens is 1. The smallest absolute Gasteiger partial charge is 0.240 e. The number of halogens is 1. The van der Waals surface area contributed by atoms with Crippen LogP contribution in [0.15, 0.2) is 59.8 Å². The van der Waals surface area contributed by atoms with Crippen LogP contribution in [0.25, 0.3) is 11.4 Å². The molecule has 28 heavy (non-hydrogen) atoms. The summed E-state index contributed by atoms with van der Waals surface area (Å²) in [5.74, 6) is -0.237. The zero-order chi connectivity index (χ0) is 19.9. The summed E-state index contributed by atoms with van der Waals surface area (Å²) in [6, 6.07) is 17.6. The molecule has 1 heterocycles.